The Kier molecular flexibility index (Phi) is 8.52. The van der Waals surface area contributed by atoms with E-state index in [-0.39, 0.29) is 19.7 Å². The highest BCUT2D eigenvalue weighted by atomic mass is 16.4. The van der Waals surface area contributed by atoms with Crippen LogP contribution in [0.15, 0.2) is 23.1 Å². The van der Waals surface area contributed by atoms with E-state index >= 15 is 0 Å². The number of aryl methyl sites for hydroxylation is 2. The molecule has 26 heavy (non-hydrogen) atoms. The molecule has 0 bridgehead atoms. The second-order valence-corrected chi connectivity index (χ2v) is 6.56. The fourth-order valence-electron chi connectivity index (χ4n) is 3.30. The molecule has 1 aliphatic rings. The van der Waals surface area contributed by atoms with Crippen molar-refractivity contribution in [2.75, 3.05) is 0 Å². The molecule has 2 N–H and O–H groups in total. The van der Waals surface area contributed by atoms with Crippen molar-refractivity contribution in [2.24, 2.45) is 0 Å². The van der Waals surface area contributed by atoms with Gasteiger partial charge in [-0.1, -0.05) is 52.9 Å². The number of aromatic carboxylic acids is 1. The number of fused-ring (bicyclic) bond motifs is 1. The maximum atomic E-state index is 12.1. The molecule has 0 saturated heterocycles. The number of carboxylic acid groups (broad SMARTS) is 1. The van der Waals surface area contributed by atoms with Crippen molar-refractivity contribution < 1.29 is 15.0 Å². The van der Waals surface area contributed by atoms with E-state index in [2.05, 4.69) is 0 Å². The van der Waals surface area contributed by atoms with E-state index in [9.17, 15) is 14.7 Å². The van der Waals surface area contributed by atoms with Crippen LogP contribution in [0.4, 0.5) is 0 Å². The summed E-state index contributed by atoms with van der Waals surface area (Å²) in [5.74, 6) is -1.28. The SMILES string of the molecule is C.C1CCCCC1.CCc1cc2c(=O)c(C(=O)O)cn(CO)c2cc1C. The summed E-state index contributed by atoms with van der Waals surface area (Å²) in [7, 11) is 0. The highest BCUT2D eigenvalue weighted by Gasteiger charge is 2.15. The number of carbonyl (C=O) groups is 1. The van der Waals surface area contributed by atoms with E-state index in [1.807, 2.05) is 13.8 Å². The first-order chi connectivity index (χ1) is 12.0. The summed E-state index contributed by atoms with van der Waals surface area (Å²) >= 11 is 0. The molecule has 1 saturated carbocycles. The van der Waals surface area contributed by atoms with Crippen molar-refractivity contribution in [1.82, 2.24) is 4.57 Å². The van der Waals surface area contributed by atoms with Gasteiger partial charge in [-0.2, -0.15) is 0 Å². The Morgan fingerprint density at radius 1 is 1.12 bits per heavy atom. The Hall–Kier alpha value is -2.14. The Balaban J connectivity index is 0.000000410. The third-order valence-corrected chi connectivity index (χ3v) is 4.80. The van der Waals surface area contributed by atoms with Crippen molar-refractivity contribution in [3.8, 4) is 0 Å². The maximum absolute atomic E-state index is 12.1. The van der Waals surface area contributed by atoms with E-state index in [1.165, 1.54) is 49.3 Å². The molecule has 5 heteroatoms. The summed E-state index contributed by atoms with van der Waals surface area (Å²) < 4.78 is 1.37. The predicted molar refractivity (Wildman–Crippen MR) is 106 cm³/mol. The number of aliphatic hydroxyl groups is 1. The van der Waals surface area contributed by atoms with Crippen LogP contribution in [-0.4, -0.2) is 20.7 Å². The fraction of sp³-hybridized carbons (Fsp3) is 0.524. The number of hydrogen-bond acceptors (Lipinski definition) is 3. The van der Waals surface area contributed by atoms with Gasteiger partial charge in [-0.3, -0.25) is 4.79 Å². The van der Waals surface area contributed by atoms with Crippen LogP contribution in [0.5, 0.6) is 0 Å². The topological polar surface area (TPSA) is 79.5 Å². The monoisotopic (exact) mass is 361 g/mol. The molecule has 0 unspecified atom stereocenters. The normalized spacial score (nSPS) is 13.5. The van der Waals surface area contributed by atoms with E-state index in [1.54, 1.807) is 12.1 Å². The molecule has 0 radical (unpaired) electrons. The zero-order valence-electron chi connectivity index (χ0n) is 15.0. The number of carboxylic acids is 1. The summed E-state index contributed by atoms with van der Waals surface area (Å²) in [5.41, 5.74) is 1.72. The largest absolute Gasteiger partial charge is 0.477 e. The van der Waals surface area contributed by atoms with Crippen LogP contribution in [0.3, 0.4) is 0 Å². The van der Waals surface area contributed by atoms with Crippen molar-refractivity contribution in [3.63, 3.8) is 0 Å². The molecule has 3 rings (SSSR count). The quantitative estimate of drug-likeness (QED) is 0.844. The Morgan fingerprint density at radius 2 is 1.65 bits per heavy atom. The lowest BCUT2D eigenvalue weighted by molar-refractivity contribution is 0.0694. The zero-order valence-corrected chi connectivity index (χ0v) is 15.0. The van der Waals surface area contributed by atoms with Gasteiger partial charge >= 0.3 is 5.97 Å². The molecule has 2 aromatic rings. The first kappa shape index (κ1) is 21.9. The molecule has 0 atom stereocenters. The molecule has 144 valence electrons. The molecule has 1 heterocycles. The number of rotatable bonds is 3. The van der Waals surface area contributed by atoms with Crippen molar-refractivity contribution in [1.29, 1.82) is 0 Å². The molecular formula is C21H31NO4. The minimum Gasteiger partial charge on any atom is -0.477 e. The van der Waals surface area contributed by atoms with Gasteiger partial charge in [-0.05, 0) is 36.6 Å². The lowest BCUT2D eigenvalue weighted by atomic mass is 10.0. The molecule has 0 amide bonds. The number of hydrogen-bond donors (Lipinski definition) is 2. The summed E-state index contributed by atoms with van der Waals surface area (Å²) in [6.45, 7) is 3.53. The smallest absolute Gasteiger partial charge is 0.341 e. The van der Waals surface area contributed by atoms with Gasteiger partial charge in [0, 0.05) is 11.6 Å². The van der Waals surface area contributed by atoms with Crippen LogP contribution >= 0.6 is 0 Å². The van der Waals surface area contributed by atoms with Gasteiger partial charge < -0.3 is 14.8 Å². The first-order valence-corrected chi connectivity index (χ1v) is 9.00. The Labute approximate surface area is 155 Å². The molecule has 0 aliphatic heterocycles. The second kappa shape index (κ2) is 10.1. The third kappa shape index (κ3) is 4.94. The first-order valence-electron chi connectivity index (χ1n) is 9.00. The number of benzene rings is 1. The Bertz CT molecular complexity index is 792. The van der Waals surface area contributed by atoms with Crippen molar-refractivity contribution in [2.45, 2.75) is 73.0 Å². The van der Waals surface area contributed by atoms with Gasteiger partial charge in [0.1, 0.15) is 12.3 Å². The summed E-state index contributed by atoms with van der Waals surface area (Å²) in [6.07, 6.45) is 10.9. The highest BCUT2D eigenvalue weighted by molar-refractivity contribution is 5.93. The van der Waals surface area contributed by atoms with E-state index in [4.69, 9.17) is 5.11 Å². The molecule has 1 aromatic carbocycles. The second-order valence-electron chi connectivity index (χ2n) is 6.56. The Morgan fingerprint density at radius 3 is 2.08 bits per heavy atom. The van der Waals surface area contributed by atoms with Crippen LogP contribution in [0.1, 0.15) is 74.4 Å². The van der Waals surface area contributed by atoms with Gasteiger partial charge in [0.2, 0.25) is 5.43 Å². The van der Waals surface area contributed by atoms with Crippen LogP contribution in [0, 0.1) is 6.92 Å². The minimum atomic E-state index is -1.28. The minimum absolute atomic E-state index is 0. The van der Waals surface area contributed by atoms with Crippen LogP contribution in [0.2, 0.25) is 0 Å². The van der Waals surface area contributed by atoms with Crippen LogP contribution < -0.4 is 5.43 Å². The lowest BCUT2D eigenvalue weighted by Gasteiger charge is -2.12. The van der Waals surface area contributed by atoms with Crippen molar-refractivity contribution in [3.05, 3.63) is 45.2 Å². The zero-order chi connectivity index (χ0) is 18.4. The van der Waals surface area contributed by atoms with Gasteiger partial charge in [-0.15, -0.1) is 0 Å². The average Bonchev–Trinajstić information content (AvgIpc) is 2.63. The molecular weight excluding hydrogens is 330 g/mol. The average molecular weight is 361 g/mol. The van der Waals surface area contributed by atoms with E-state index < -0.39 is 11.4 Å². The fourth-order valence-corrected chi connectivity index (χ4v) is 3.30. The summed E-state index contributed by atoms with van der Waals surface area (Å²) in [6, 6.07) is 3.52. The van der Waals surface area contributed by atoms with Gasteiger partial charge in [-0.25, -0.2) is 4.79 Å². The molecule has 5 nitrogen and oxygen atoms in total. The molecule has 1 aliphatic carbocycles. The van der Waals surface area contributed by atoms with Gasteiger partial charge in [0.25, 0.3) is 0 Å². The van der Waals surface area contributed by atoms with Crippen molar-refractivity contribution >= 4 is 16.9 Å². The molecule has 1 fully saturated rings. The molecule has 0 spiro atoms. The maximum Gasteiger partial charge on any atom is 0.341 e. The van der Waals surface area contributed by atoms with E-state index in [0.29, 0.717) is 10.9 Å². The summed E-state index contributed by atoms with van der Waals surface area (Å²) in [5, 5.41) is 18.7. The molecule has 1 aromatic heterocycles. The number of nitrogens with zero attached hydrogens (tertiary/aromatic N) is 1. The number of aromatic nitrogens is 1. The standard InChI is InChI=1S/C14H15NO4.C6H12.CH4/c1-3-9-5-10-12(4-8(9)2)15(7-16)6-11(13(10)17)14(18)19;1-2-4-6-5-3-1;/h4-6,16H,3,7H2,1-2H3,(H,18,19);1-6H2;1H4. The van der Waals surface area contributed by atoms with E-state index in [0.717, 1.165) is 17.5 Å². The number of aliphatic hydroxyl groups excluding tert-OH is 1. The lowest BCUT2D eigenvalue weighted by Crippen LogP contribution is -2.19. The third-order valence-electron chi connectivity index (χ3n) is 4.80. The van der Waals surface area contributed by atoms with Gasteiger partial charge in [0.05, 0.1) is 5.52 Å². The van der Waals surface area contributed by atoms with Gasteiger partial charge in [0.15, 0.2) is 0 Å². The predicted octanol–water partition coefficient (Wildman–Crippen LogP) is 4.50. The number of pyridine rings is 1. The summed E-state index contributed by atoms with van der Waals surface area (Å²) in [4.78, 5) is 23.2. The van der Waals surface area contributed by atoms with Crippen LogP contribution in [-0.2, 0) is 13.2 Å². The highest BCUT2D eigenvalue weighted by Crippen LogP contribution is 2.19. The van der Waals surface area contributed by atoms with Crippen LogP contribution in [0.25, 0.3) is 10.9 Å².